The van der Waals surface area contributed by atoms with Crippen molar-refractivity contribution in [1.82, 2.24) is 0 Å². The van der Waals surface area contributed by atoms with Crippen LogP contribution in [-0.2, 0) is 0 Å². The first kappa shape index (κ1) is 13.4. The Morgan fingerprint density at radius 3 is 2.56 bits per heavy atom. The van der Waals surface area contributed by atoms with Crippen LogP contribution in [0, 0.1) is 6.92 Å². The van der Waals surface area contributed by atoms with Crippen molar-refractivity contribution < 1.29 is 0 Å². The molecule has 1 rings (SSSR count). The maximum absolute atomic E-state index is 4.26. The summed E-state index contributed by atoms with van der Waals surface area (Å²) in [5, 5.41) is 0. The second kappa shape index (κ2) is 6.19. The molecular weight excluding hydrogens is 214 g/mol. The summed E-state index contributed by atoms with van der Waals surface area (Å²) in [6.45, 7) is 7.73. The van der Waals surface area contributed by atoms with Gasteiger partial charge in [0, 0.05) is 19.3 Å². The largest absolute Gasteiger partial charge is 0.374 e. The molecule has 90 valence electrons. The molecule has 2 heteroatoms. The first-order valence-corrected chi connectivity index (χ1v) is 6.62. The van der Waals surface area contributed by atoms with Gasteiger partial charge in [0.1, 0.15) is 0 Å². The van der Waals surface area contributed by atoms with Gasteiger partial charge in [-0.1, -0.05) is 26.0 Å². The fourth-order valence-corrected chi connectivity index (χ4v) is 1.97. The van der Waals surface area contributed by atoms with E-state index >= 15 is 0 Å². The standard InChI is InChI=1S/C14H23NS/c1-11(2)13-7-6-12(3)14(10-13)15(4)8-5-9-16/h6-7,10-11,16H,5,8-9H2,1-4H3. The normalized spacial score (nSPS) is 10.9. The molecule has 0 unspecified atom stereocenters. The van der Waals surface area contributed by atoms with Crippen molar-refractivity contribution in [3.05, 3.63) is 29.3 Å². The highest BCUT2D eigenvalue weighted by Crippen LogP contribution is 2.24. The molecule has 0 saturated carbocycles. The van der Waals surface area contributed by atoms with E-state index in [9.17, 15) is 0 Å². The zero-order valence-electron chi connectivity index (χ0n) is 10.8. The van der Waals surface area contributed by atoms with E-state index in [1.165, 1.54) is 16.8 Å². The quantitative estimate of drug-likeness (QED) is 0.761. The van der Waals surface area contributed by atoms with Crippen LogP contribution < -0.4 is 4.90 Å². The summed E-state index contributed by atoms with van der Waals surface area (Å²) in [6.07, 6.45) is 1.13. The SMILES string of the molecule is Cc1ccc(C(C)C)cc1N(C)CCCS. The topological polar surface area (TPSA) is 3.24 Å². The maximum Gasteiger partial charge on any atom is 0.0396 e. The maximum atomic E-state index is 4.26. The summed E-state index contributed by atoms with van der Waals surface area (Å²) >= 11 is 4.26. The molecule has 0 atom stereocenters. The van der Waals surface area contributed by atoms with E-state index in [2.05, 4.69) is 63.5 Å². The molecule has 0 bridgehead atoms. The first-order valence-electron chi connectivity index (χ1n) is 5.98. The minimum absolute atomic E-state index is 0.595. The minimum atomic E-state index is 0.595. The number of thiol groups is 1. The van der Waals surface area contributed by atoms with Crippen LogP contribution in [0.15, 0.2) is 18.2 Å². The predicted molar refractivity (Wildman–Crippen MR) is 77.0 cm³/mol. The highest BCUT2D eigenvalue weighted by molar-refractivity contribution is 7.80. The van der Waals surface area contributed by atoms with Crippen molar-refractivity contribution in [3.8, 4) is 0 Å². The van der Waals surface area contributed by atoms with Gasteiger partial charge in [-0.2, -0.15) is 12.6 Å². The number of aryl methyl sites for hydroxylation is 1. The van der Waals surface area contributed by atoms with E-state index in [1.54, 1.807) is 0 Å². The first-order chi connectivity index (χ1) is 7.56. The van der Waals surface area contributed by atoms with E-state index in [1.807, 2.05) is 0 Å². The van der Waals surface area contributed by atoms with Gasteiger partial charge in [0.2, 0.25) is 0 Å². The number of hydrogen-bond donors (Lipinski definition) is 1. The lowest BCUT2D eigenvalue weighted by Gasteiger charge is -2.22. The summed E-state index contributed by atoms with van der Waals surface area (Å²) in [4.78, 5) is 2.33. The molecule has 0 fully saturated rings. The zero-order chi connectivity index (χ0) is 12.1. The Bertz CT molecular complexity index is 334. The molecule has 0 saturated heterocycles. The Kier molecular flexibility index (Phi) is 5.20. The van der Waals surface area contributed by atoms with Gasteiger partial charge in [0.25, 0.3) is 0 Å². The third-order valence-corrected chi connectivity index (χ3v) is 3.28. The number of benzene rings is 1. The molecule has 0 heterocycles. The van der Waals surface area contributed by atoms with Crippen LogP contribution in [0.1, 0.15) is 37.3 Å². The van der Waals surface area contributed by atoms with E-state index in [-0.39, 0.29) is 0 Å². The second-order valence-electron chi connectivity index (χ2n) is 4.70. The lowest BCUT2D eigenvalue weighted by Crippen LogP contribution is -2.20. The van der Waals surface area contributed by atoms with Gasteiger partial charge < -0.3 is 4.90 Å². The summed E-state index contributed by atoms with van der Waals surface area (Å²) in [6, 6.07) is 6.77. The molecule has 1 nitrogen and oxygen atoms in total. The van der Waals surface area contributed by atoms with E-state index in [4.69, 9.17) is 0 Å². The van der Waals surface area contributed by atoms with Gasteiger partial charge >= 0.3 is 0 Å². The molecule has 0 aromatic heterocycles. The molecule has 0 aliphatic carbocycles. The van der Waals surface area contributed by atoms with Crippen LogP contribution in [0.2, 0.25) is 0 Å². The second-order valence-corrected chi connectivity index (χ2v) is 5.15. The van der Waals surface area contributed by atoms with Gasteiger partial charge in [-0.3, -0.25) is 0 Å². The third-order valence-electron chi connectivity index (χ3n) is 2.96. The van der Waals surface area contributed by atoms with Crippen molar-refractivity contribution in [2.24, 2.45) is 0 Å². The van der Waals surface area contributed by atoms with Crippen molar-refractivity contribution in [2.45, 2.75) is 33.1 Å². The van der Waals surface area contributed by atoms with E-state index < -0.39 is 0 Å². The summed E-state index contributed by atoms with van der Waals surface area (Å²) in [7, 11) is 2.16. The highest BCUT2D eigenvalue weighted by Gasteiger charge is 2.07. The number of rotatable bonds is 5. The van der Waals surface area contributed by atoms with Gasteiger partial charge in [0.15, 0.2) is 0 Å². The van der Waals surface area contributed by atoms with Crippen molar-refractivity contribution in [1.29, 1.82) is 0 Å². The average molecular weight is 237 g/mol. The van der Waals surface area contributed by atoms with Crippen LogP contribution in [-0.4, -0.2) is 19.3 Å². The van der Waals surface area contributed by atoms with Crippen LogP contribution in [0.4, 0.5) is 5.69 Å². The molecule has 1 aromatic rings. The summed E-state index contributed by atoms with van der Waals surface area (Å²) < 4.78 is 0. The van der Waals surface area contributed by atoms with E-state index in [0.29, 0.717) is 5.92 Å². The van der Waals surface area contributed by atoms with E-state index in [0.717, 1.165) is 18.7 Å². The van der Waals surface area contributed by atoms with Crippen molar-refractivity contribution in [3.63, 3.8) is 0 Å². The Morgan fingerprint density at radius 1 is 1.31 bits per heavy atom. The van der Waals surface area contributed by atoms with Gasteiger partial charge in [-0.05, 0) is 42.2 Å². The van der Waals surface area contributed by atoms with Crippen LogP contribution >= 0.6 is 12.6 Å². The Labute approximate surface area is 105 Å². The third kappa shape index (κ3) is 3.44. The van der Waals surface area contributed by atoms with Crippen LogP contribution in [0.3, 0.4) is 0 Å². The number of hydrogen-bond acceptors (Lipinski definition) is 2. The molecular formula is C14H23NS. The summed E-state index contributed by atoms with van der Waals surface area (Å²) in [5.74, 6) is 1.55. The van der Waals surface area contributed by atoms with Gasteiger partial charge in [0.05, 0.1) is 0 Å². The molecule has 0 N–H and O–H groups in total. The molecule has 0 aliphatic heterocycles. The fourth-order valence-electron chi connectivity index (χ4n) is 1.83. The minimum Gasteiger partial charge on any atom is -0.374 e. The van der Waals surface area contributed by atoms with Crippen molar-refractivity contribution in [2.75, 3.05) is 24.2 Å². The number of anilines is 1. The predicted octanol–water partition coefficient (Wildman–Crippen LogP) is 3.87. The Balaban J connectivity index is 2.88. The molecule has 0 amide bonds. The molecule has 0 radical (unpaired) electrons. The number of nitrogens with zero attached hydrogens (tertiary/aromatic N) is 1. The molecule has 16 heavy (non-hydrogen) atoms. The Morgan fingerprint density at radius 2 is 2.00 bits per heavy atom. The van der Waals surface area contributed by atoms with Gasteiger partial charge in [-0.25, -0.2) is 0 Å². The van der Waals surface area contributed by atoms with Crippen molar-refractivity contribution >= 4 is 18.3 Å². The average Bonchev–Trinajstić information content (AvgIpc) is 2.26. The molecule has 0 aliphatic rings. The summed E-state index contributed by atoms with van der Waals surface area (Å²) in [5.41, 5.74) is 4.12. The Hall–Kier alpha value is -0.630. The lowest BCUT2D eigenvalue weighted by atomic mass is 10.0. The smallest absolute Gasteiger partial charge is 0.0396 e. The van der Waals surface area contributed by atoms with Crippen LogP contribution in [0.5, 0.6) is 0 Å². The zero-order valence-corrected chi connectivity index (χ0v) is 11.7. The van der Waals surface area contributed by atoms with Crippen LogP contribution in [0.25, 0.3) is 0 Å². The van der Waals surface area contributed by atoms with Gasteiger partial charge in [-0.15, -0.1) is 0 Å². The highest BCUT2D eigenvalue weighted by atomic mass is 32.1. The molecule has 1 aromatic carbocycles. The monoisotopic (exact) mass is 237 g/mol. The lowest BCUT2D eigenvalue weighted by molar-refractivity contribution is 0.841. The fraction of sp³-hybridized carbons (Fsp3) is 0.571. The molecule has 0 spiro atoms.